The number of nitrogens with one attached hydrogen (secondary N) is 2. The fraction of sp³-hybridized carbons (Fsp3) is 0.235. The number of hydrogen-bond acceptors (Lipinski definition) is 2. The molecule has 0 radical (unpaired) electrons. The highest BCUT2D eigenvalue weighted by atomic mass is 16.1. The molecule has 0 aliphatic carbocycles. The fourth-order valence-corrected chi connectivity index (χ4v) is 2.19. The molecule has 0 aromatic heterocycles. The van der Waals surface area contributed by atoms with E-state index in [2.05, 4.69) is 22.8 Å². The summed E-state index contributed by atoms with van der Waals surface area (Å²) in [6.07, 6.45) is 0.963. The number of rotatable bonds is 5. The second-order valence-electron chi connectivity index (χ2n) is 4.72. The zero-order chi connectivity index (χ0) is 14.4. The van der Waals surface area contributed by atoms with Gasteiger partial charge in [0.25, 0.3) is 5.91 Å². The van der Waals surface area contributed by atoms with Crippen LogP contribution in [-0.2, 0) is 6.42 Å². The predicted molar refractivity (Wildman–Crippen MR) is 83.2 cm³/mol. The molecule has 0 unspecified atom stereocenters. The second-order valence-corrected chi connectivity index (χ2v) is 4.72. The van der Waals surface area contributed by atoms with Crippen LogP contribution in [0.2, 0.25) is 0 Å². The molecule has 0 saturated heterocycles. The molecule has 1 amide bonds. The van der Waals surface area contributed by atoms with Gasteiger partial charge in [-0.25, -0.2) is 0 Å². The molecule has 0 aliphatic heterocycles. The van der Waals surface area contributed by atoms with Crippen molar-refractivity contribution in [3.63, 3.8) is 0 Å². The van der Waals surface area contributed by atoms with Crippen LogP contribution in [0.4, 0.5) is 5.69 Å². The maximum atomic E-state index is 11.7. The highest BCUT2D eigenvalue weighted by Crippen LogP contribution is 2.18. The lowest BCUT2D eigenvalue weighted by molar-refractivity contribution is 0.0962. The number of carbonyl (C=O) groups is 1. The van der Waals surface area contributed by atoms with Gasteiger partial charge < -0.3 is 10.6 Å². The molecule has 2 aromatic rings. The van der Waals surface area contributed by atoms with Gasteiger partial charge in [0, 0.05) is 24.8 Å². The third kappa shape index (κ3) is 3.38. The molecule has 0 spiro atoms. The lowest BCUT2D eigenvalue weighted by Crippen LogP contribution is -2.19. The Labute approximate surface area is 120 Å². The molecular weight excluding hydrogens is 248 g/mol. The summed E-state index contributed by atoms with van der Waals surface area (Å²) in [5, 5.41) is 6.07. The second kappa shape index (κ2) is 6.75. The Morgan fingerprint density at radius 1 is 1.05 bits per heavy atom. The molecule has 0 heterocycles. The molecule has 2 N–H and O–H groups in total. The molecule has 0 bridgehead atoms. The lowest BCUT2D eigenvalue weighted by Gasteiger charge is -2.12. The van der Waals surface area contributed by atoms with Gasteiger partial charge in [-0.05, 0) is 36.6 Å². The third-order valence-corrected chi connectivity index (χ3v) is 3.38. The van der Waals surface area contributed by atoms with Crippen molar-refractivity contribution in [1.82, 2.24) is 5.32 Å². The first kappa shape index (κ1) is 14.1. The van der Waals surface area contributed by atoms with Crippen LogP contribution in [0.1, 0.15) is 21.5 Å². The number of hydrogen-bond donors (Lipinski definition) is 2. The van der Waals surface area contributed by atoms with Crippen molar-refractivity contribution in [1.29, 1.82) is 0 Å². The quantitative estimate of drug-likeness (QED) is 0.875. The van der Waals surface area contributed by atoms with Crippen molar-refractivity contribution >= 4 is 11.6 Å². The van der Waals surface area contributed by atoms with Crippen LogP contribution < -0.4 is 10.6 Å². The summed E-state index contributed by atoms with van der Waals surface area (Å²) in [5.74, 6) is -0.0470. The van der Waals surface area contributed by atoms with Crippen LogP contribution in [0.25, 0.3) is 0 Å². The Balaban J connectivity index is 2.01. The van der Waals surface area contributed by atoms with Crippen LogP contribution >= 0.6 is 0 Å². The molecule has 0 aliphatic rings. The molecule has 2 rings (SSSR count). The number of carbonyl (C=O) groups excluding carboxylic acids is 1. The van der Waals surface area contributed by atoms with Gasteiger partial charge in [-0.3, -0.25) is 4.79 Å². The Morgan fingerprint density at radius 2 is 1.80 bits per heavy atom. The van der Waals surface area contributed by atoms with E-state index in [0.29, 0.717) is 0 Å². The number of benzene rings is 2. The highest BCUT2D eigenvalue weighted by molar-refractivity contribution is 5.96. The third-order valence-electron chi connectivity index (χ3n) is 3.38. The molecular formula is C17H20N2O. The summed E-state index contributed by atoms with van der Waals surface area (Å²) in [4.78, 5) is 11.7. The smallest absolute Gasteiger partial charge is 0.251 e. The Bertz CT molecular complexity index is 579. The van der Waals surface area contributed by atoms with Crippen LogP contribution in [0.5, 0.6) is 0 Å². The van der Waals surface area contributed by atoms with Crippen molar-refractivity contribution < 1.29 is 4.79 Å². The standard InChI is InChI=1S/C17H20N2O/c1-13-15(17(20)18-2)9-6-10-16(13)19-12-11-14-7-4-3-5-8-14/h3-10,19H,11-12H2,1-2H3,(H,18,20). The minimum absolute atomic E-state index is 0.0470. The summed E-state index contributed by atoms with van der Waals surface area (Å²) in [5.41, 5.74) is 4.03. The highest BCUT2D eigenvalue weighted by Gasteiger charge is 2.09. The molecule has 0 fully saturated rings. The van der Waals surface area contributed by atoms with Gasteiger partial charge in [0.1, 0.15) is 0 Å². The van der Waals surface area contributed by atoms with Crippen LogP contribution in [0.15, 0.2) is 48.5 Å². The van der Waals surface area contributed by atoms with E-state index in [1.54, 1.807) is 7.05 Å². The van der Waals surface area contributed by atoms with Crippen molar-refractivity contribution in [2.75, 3.05) is 18.9 Å². The summed E-state index contributed by atoms with van der Waals surface area (Å²) < 4.78 is 0. The van der Waals surface area contributed by atoms with E-state index in [9.17, 15) is 4.79 Å². The lowest BCUT2D eigenvalue weighted by atomic mass is 10.1. The predicted octanol–water partition coefficient (Wildman–Crippen LogP) is 3.01. The van der Waals surface area contributed by atoms with E-state index in [1.165, 1.54) is 5.56 Å². The monoisotopic (exact) mass is 268 g/mol. The Kier molecular flexibility index (Phi) is 4.77. The zero-order valence-electron chi connectivity index (χ0n) is 11.9. The molecule has 2 aromatic carbocycles. The van der Waals surface area contributed by atoms with Gasteiger partial charge in [0.05, 0.1) is 0 Å². The molecule has 0 atom stereocenters. The average molecular weight is 268 g/mol. The minimum atomic E-state index is -0.0470. The zero-order valence-corrected chi connectivity index (χ0v) is 11.9. The molecule has 20 heavy (non-hydrogen) atoms. The normalized spacial score (nSPS) is 10.1. The summed E-state index contributed by atoms with van der Waals surface area (Å²) in [6, 6.07) is 16.1. The first-order valence-corrected chi connectivity index (χ1v) is 6.82. The first-order valence-electron chi connectivity index (χ1n) is 6.82. The van der Waals surface area contributed by atoms with Crippen LogP contribution in [0, 0.1) is 6.92 Å². The van der Waals surface area contributed by atoms with Crippen molar-refractivity contribution in [3.8, 4) is 0 Å². The first-order chi connectivity index (χ1) is 9.72. The number of anilines is 1. The van der Waals surface area contributed by atoms with Crippen molar-refractivity contribution in [2.24, 2.45) is 0 Å². The minimum Gasteiger partial charge on any atom is -0.384 e. The van der Waals surface area contributed by atoms with Gasteiger partial charge in [-0.2, -0.15) is 0 Å². The van der Waals surface area contributed by atoms with Gasteiger partial charge in [-0.1, -0.05) is 36.4 Å². The SMILES string of the molecule is CNC(=O)c1cccc(NCCc2ccccc2)c1C. The molecule has 3 nitrogen and oxygen atoms in total. The fourth-order valence-electron chi connectivity index (χ4n) is 2.19. The summed E-state index contributed by atoms with van der Waals surface area (Å²) in [7, 11) is 1.65. The summed E-state index contributed by atoms with van der Waals surface area (Å²) in [6.45, 7) is 2.82. The maximum absolute atomic E-state index is 11.7. The van der Waals surface area contributed by atoms with Crippen molar-refractivity contribution in [2.45, 2.75) is 13.3 Å². The van der Waals surface area contributed by atoms with E-state index in [0.717, 1.165) is 29.8 Å². The van der Waals surface area contributed by atoms with E-state index in [-0.39, 0.29) is 5.91 Å². The Morgan fingerprint density at radius 3 is 2.50 bits per heavy atom. The summed E-state index contributed by atoms with van der Waals surface area (Å²) >= 11 is 0. The van der Waals surface area contributed by atoms with Crippen molar-refractivity contribution in [3.05, 3.63) is 65.2 Å². The van der Waals surface area contributed by atoms with Gasteiger partial charge in [-0.15, -0.1) is 0 Å². The molecule has 104 valence electrons. The van der Waals surface area contributed by atoms with Gasteiger partial charge in [0.15, 0.2) is 0 Å². The van der Waals surface area contributed by atoms with E-state index in [1.807, 2.05) is 43.3 Å². The average Bonchev–Trinajstić information content (AvgIpc) is 2.49. The van der Waals surface area contributed by atoms with Gasteiger partial charge >= 0.3 is 0 Å². The molecule has 0 saturated carbocycles. The molecule has 3 heteroatoms. The van der Waals surface area contributed by atoms with Crippen LogP contribution in [0.3, 0.4) is 0 Å². The maximum Gasteiger partial charge on any atom is 0.251 e. The van der Waals surface area contributed by atoms with E-state index < -0.39 is 0 Å². The van der Waals surface area contributed by atoms with E-state index >= 15 is 0 Å². The Hall–Kier alpha value is -2.29. The van der Waals surface area contributed by atoms with Crippen LogP contribution in [-0.4, -0.2) is 19.5 Å². The largest absolute Gasteiger partial charge is 0.384 e. The van der Waals surface area contributed by atoms with Gasteiger partial charge in [0.2, 0.25) is 0 Å². The topological polar surface area (TPSA) is 41.1 Å². The number of amides is 1. The van der Waals surface area contributed by atoms with E-state index in [4.69, 9.17) is 0 Å².